The molecule has 7 rings (SSSR count). The molecule has 0 unspecified atom stereocenters. The number of hydrogen-bond donors (Lipinski definition) is 0. The van der Waals surface area contributed by atoms with E-state index in [1.54, 1.807) is 12.1 Å². The van der Waals surface area contributed by atoms with Gasteiger partial charge in [-0.2, -0.15) is 0 Å². The monoisotopic (exact) mass is 712 g/mol. The van der Waals surface area contributed by atoms with E-state index in [2.05, 4.69) is 46.1 Å². The third kappa shape index (κ3) is 5.76. The van der Waals surface area contributed by atoms with Gasteiger partial charge >= 0.3 is 0 Å². The van der Waals surface area contributed by atoms with Crippen LogP contribution in [-0.2, 0) is 14.3 Å². The van der Waals surface area contributed by atoms with Crippen LogP contribution in [0.15, 0.2) is 45.6 Å². The molecule has 0 radical (unpaired) electrons. The van der Waals surface area contributed by atoms with Crippen molar-refractivity contribution < 1.29 is 23.0 Å². The zero-order valence-corrected chi connectivity index (χ0v) is 26.4. The van der Waals surface area contributed by atoms with Crippen molar-refractivity contribution in [2.24, 2.45) is 0 Å². The molecule has 0 amide bonds. The molecular formula is C32H28Br2F2N4O3. The second kappa shape index (κ2) is 12.1. The summed E-state index contributed by atoms with van der Waals surface area (Å²) in [6.45, 7) is 15.4. The highest BCUT2D eigenvalue weighted by Gasteiger charge is 2.41. The number of halogens is 4. The van der Waals surface area contributed by atoms with Gasteiger partial charge in [0.25, 0.3) is 0 Å². The van der Waals surface area contributed by atoms with E-state index in [4.69, 9.17) is 22.6 Å². The maximum atomic E-state index is 14.0. The molecule has 0 atom stereocenters. The molecule has 1 saturated heterocycles. The van der Waals surface area contributed by atoms with Crippen LogP contribution < -0.4 is 0 Å². The van der Waals surface area contributed by atoms with Crippen LogP contribution in [0.2, 0.25) is 0 Å². The Bertz CT molecular complexity index is 1790. The molecule has 1 aliphatic heterocycles. The van der Waals surface area contributed by atoms with E-state index in [0.29, 0.717) is 37.9 Å². The molecule has 1 spiro atoms. The molecule has 3 heterocycles. The number of carbonyl (C=O) groups excluding carboxylic acids is 1. The first-order valence-electron chi connectivity index (χ1n) is 14.3. The van der Waals surface area contributed by atoms with E-state index in [-0.39, 0.29) is 23.2 Å². The van der Waals surface area contributed by atoms with E-state index in [1.165, 1.54) is 12.1 Å². The van der Waals surface area contributed by atoms with Crippen LogP contribution >= 0.6 is 31.9 Å². The lowest BCUT2D eigenvalue weighted by Crippen LogP contribution is -2.35. The normalized spacial score (nSPS) is 19.0. The largest absolute Gasteiger partial charge is 0.348 e. The smallest absolute Gasteiger partial charge is 0.222 e. The van der Waals surface area contributed by atoms with Crippen molar-refractivity contribution in [3.05, 3.63) is 80.1 Å². The molecule has 43 heavy (non-hydrogen) atoms. The van der Waals surface area contributed by atoms with Crippen LogP contribution in [0.25, 0.3) is 31.5 Å². The minimum Gasteiger partial charge on any atom is -0.348 e. The first-order valence-corrected chi connectivity index (χ1v) is 15.8. The lowest BCUT2D eigenvalue weighted by molar-refractivity contribution is -0.181. The van der Waals surface area contributed by atoms with Crippen LogP contribution in [0.3, 0.4) is 0 Å². The summed E-state index contributed by atoms with van der Waals surface area (Å²) in [6, 6.07) is 6.60. The average molecular weight is 714 g/mol. The lowest BCUT2D eigenvalue weighted by Gasteiger charge is -2.36. The summed E-state index contributed by atoms with van der Waals surface area (Å²) in [5, 5.41) is 1.72. The predicted octanol–water partition coefficient (Wildman–Crippen LogP) is 9.73. The van der Waals surface area contributed by atoms with E-state index >= 15 is 0 Å². The summed E-state index contributed by atoms with van der Waals surface area (Å²) in [4.78, 5) is 17.8. The number of nitrogens with zero attached hydrogens (tertiary/aromatic N) is 4. The predicted molar refractivity (Wildman–Crippen MR) is 166 cm³/mol. The number of ether oxygens (including phenoxy) is 2. The Kier molecular flexibility index (Phi) is 8.45. The minimum atomic E-state index is -0.494. The first-order chi connectivity index (χ1) is 20.7. The van der Waals surface area contributed by atoms with Gasteiger partial charge in [-0.05, 0) is 81.8 Å². The van der Waals surface area contributed by atoms with Crippen molar-refractivity contribution in [2.45, 2.75) is 69.2 Å². The van der Waals surface area contributed by atoms with Gasteiger partial charge in [0.05, 0.1) is 26.4 Å². The maximum absolute atomic E-state index is 14.0. The zero-order valence-electron chi connectivity index (χ0n) is 23.2. The summed E-state index contributed by atoms with van der Waals surface area (Å²) in [5.74, 6) is -1.04. The van der Waals surface area contributed by atoms with Crippen LogP contribution in [0.4, 0.5) is 20.2 Å². The Morgan fingerprint density at radius 1 is 0.767 bits per heavy atom. The third-order valence-corrected chi connectivity index (χ3v) is 10.0. The van der Waals surface area contributed by atoms with E-state index < -0.39 is 11.6 Å². The summed E-state index contributed by atoms with van der Waals surface area (Å²) in [7, 11) is 0. The molecule has 2 aliphatic carbocycles. The van der Waals surface area contributed by atoms with Gasteiger partial charge in [-0.1, -0.05) is 0 Å². The molecule has 0 N–H and O–H groups in total. The average Bonchev–Trinajstić information content (AvgIpc) is 3.69. The number of aromatic nitrogens is 2. The summed E-state index contributed by atoms with van der Waals surface area (Å²) in [5.41, 5.74) is 1.71. The Hall–Kier alpha value is -3.09. The molecule has 4 aromatic rings. The number of Topliss-reactive ketones (excluding diaryl/α,β-unsaturated/α-hetero) is 1. The summed E-state index contributed by atoms with van der Waals surface area (Å²) < 4.78 is 45.3. The van der Waals surface area contributed by atoms with Crippen molar-refractivity contribution in [3.8, 4) is 0 Å². The zero-order chi connectivity index (χ0) is 30.3. The molecule has 7 nitrogen and oxygen atoms in total. The third-order valence-electron chi connectivity index (χ3n) is 8.78. The fourth-order valence-electron chi connectivity index (χ4n) is 6.52. The highest BCUT2D eigenvalue weighted by molar-refractivity contribution is 9.11. The van der Waals surface area contributed by atoms with Gasteiger partial charge < -0.3 is 18.6 Å². The van der Waals surface area contributed by atoms with Gasteiger partial charge in [0.1, 0.15) is 17.4 Å². The molecule has 3 fully saturated rings. The summed E-state index contributed by atoms with van der Waals surface area (Å²) in [6.07, 6.45) is 10.3. The second-order valence-corrected chi connectivity index (χ2v) is 13.0. The number of fused-ring (bicyclic) bond motifs is 2. The van der Waals surface area contributed by atoms with Gasteiger partial charge in [-0.15, -0.1) is 0 Å². The van der Waals surface area contributed by atoms with E-state index in [1.807, 2.05) is 17.0 Å². The Balaban J connectivity index is 0.000000155. The van der Waals surface area contributed by atoms with Gasteiger partial charge in [0.2, 0.25) is 11.4 Å². The van der Waals surface area contributed by atoms with Crippen molar-refractivity contribution in [3.63, 3.8) is 0 Å². The Morgan fingerprint density at radius 2 is 1.21 bits per heavy atom. The van der Waals surface area contributed by atoms with Crippen molar-refractivity contribution in [1.82, 2.24) is 9.13 Å². The molecule has 2 aromatic heterocycles. The molecular weight excluding hydrogens is 686 g/mol. The Labute approximate surface area is 264 Å². The molecule has 3 aliphatic rings. The highest BCUT2D eigenvalue weighted by Crippen LogP contribution is 2.43. The number of hydrogen-bond acceptors (Lipinski definition) is 3. The first kappa shape index (κ1) is 30.0. The van der Waals surface area contributed by atoms with Crippen molar-refractivity contribution >= 4 is 70.8 Å². The van der Waals surface area contributed by atoms with Crippen LogP contribution in [-0.4, -0.2) is 33.9 Å². The standard InChI is InChI=1S/C17H16BrFN2O2.C15H12BrFN2O/c1-20-15-8-12-13(18)10-21(16(12)9-14(15)19)11-2-4-17(5-3-11)22-6-7-23-17;1-18-14-6-11-12(16)8-19(15(11)7-13(14)17)9-2-4-10(20)5-3-9/h8-11H,2-7H2;6-9H,2-5H2. The van der Waals surface area contributed by atoms with Gasteiger partial charge in [-0.25, -0.2) is 18.5 Å². The lowest BCUT2D eigenvalue weighted by atomic mass is 9.90. The summed E-state index contributed by atoms with van der Waals surface area (Å²) >= 11 is 7.01. The quantitative estimate of drug-likeness (QED) is 0.195. The van der Waals surface area contributed by atoms with Gasteiger partial charge in [0.15, 0.2) is 5.79 Å². The van der Waals surface area contributed by atoms with Crippen LogP contribution in [0, 0.1) is 24.8 Å². The van der Waals surface area contributed by atoms with E-state index in [0.717, 1.165) is 69.3 Å². The molecule has 2 aromatic carbocycles. The molecule has 2 saturated carbocycles. The molecule has 0 bridgehead atoms. The fraction of sp³-hybridized carbons (Fsp3) is 0.406. The molecule has 11 heteroatoms. The number of ketones is 1. The molecule has 222 valence electrons. The van der Waals surface area contributed by atoms with Crippen LogP contribution in [0.1, 0.15) is 63.5 Å². The number of benzene rings is 2. The fourth-order valence-corrected chi connectivity index (χ4v) is 7.60. The van der Waals surface area contributed by atoms with Crippen molar-refractivity contribution in [1.29, 1.82) is 0 Å². The van der Waals surface area contributed by atoms with Gasteiger partial charge in [0, 0.05) is 80.9 Å². The highest BCUT2D eigenvalue weighted by atomic mass is 79.9. The van der Waals surface area contributed by atoms with Crippen molar-refractivity contribution in [2.75, 3.05) is 13.2 Å². The van der Waals surface area contributed by atoms with E-state index in [9.17, 15) is 13.6 Å². The minimum absolute atomic E-state index is 0.0368. The Morgan fingerprint density at radius 3 is 1.65 bits per heavy atom. The maximum Gasteiger partial charge on any atom is 0.222 e. The second-order valence-electron chi connectivity index (χ2n) is 11.2. The number of carbonyl (C=O) groups is 1. The number of rotatable bonds is 2. The van der Waals surface area contributed by atoms with Crippen LogP contribution in [0.5, 0.6) is 0 Å². The SMILES string of the molecule is [C-]#[N+]c1cc2c(Br)cn(C3CCC(=O)CC3)c2cc1F.[C-]#[N+]c1cc2c(Br)cn(C3CCC4(CC3)OCCO4)c2cc1F. The van der Waals surface area contributed by atoms with Gasteiger partial charge in [-0.3, -0.25) is 4.79 Å². The topological polar surface area (TPSA) is 54.1 Å².